The fourth-order valence-electron chi connectivity index (χ4n) is 1.44. The molecule has 0 aliphatic rings. The molecular weight excluding hydrogens is 250 g/mol. The first-order valence-electron chi connectivity index (χ1n) is 5.69. The summed E-state index contributed by atoms with van der Waals surface area (Å²) in [5.74, 6) is 0.270. The van der Waals surface area contributed by atoms with Gasteiger partial charge in [-0.2, -0.15) is 0 Å². The predicted octanol–water partition coefficient (Wildman–Crippen LogP) is 1.94. The number of hydrogen-bond acceptors (Lipinski definition) is 4. The third-order valence-electron chi connectivity index (χ3n) is 2.39. The number of ketones is 1. The van der Waals surface area contributed by atoms with Crippen molar-refractivity contribution in [3.05, 3.63) is 29.8 Å². The van der Waals surface area contributed by atoms with E-state index in [4.69, 9.17) is 5.11 Å². The molecular formula is C13H17NO3S. The molecule has 1 amide bonds. The number of aliphatic hydroxyl groups excluding tert-OH is 1. The minimum absolute atomic E-state index is 0.0479. The van der Waals surface area contributed by atoms with Crippen LogP contribution in [0.2, 0.25) is 0 Å². The smallest absolute Gasteiger partial charge is 0.237 e. The van der Waals surface area contributed by atoms with Gasteiger partial charge in [0.15, 0.2) is 5.78 Å². The van der Waals surface area contributed by atoms with Crippen molar-refractivity contribution in [3.63, 3.8) is 0 Å². The Hall–Kier alpha value is -1.33. The van der Waals surface area contributed by atoms with E-state index in [0.29, 0.717) is 17.0 Å². The van der Waals surface area contributed by atoms with Gasteiger partial charge < -0.3 is 10.4 Å². The molecule has 2 N–H and O–H groups in total. The summed E-state index contributed by atoms with van der Waals surface area (Å²) < 4.78 is 0. The summed E-state index contributed by atoms with van der Waals surface area (Å²) in [4.78, 5) is 23.3. The lowest BCUT2D eigenvalue weighted by Gasteiger charge is -2.13. The van der Waals surface area contributed by atoms with E-state index in [2.05, 4.69) is 5.32 Å². The van der Waals surface area contributed by atoms with Gasteiger partial charge in [0.05, 0.1) is 17.5 Å². The highest BCUT2D eigenvalue weighted by atomic mass is 32.2. The molecule has 98 valence electrons. The largest absolute Gasteiger partial charge is 0.396 e. The van der Waals surface area contributed by atoms with E-state index in [-0.39, 0.29) is 23.5 Å². The molecule has 1 aromatic carbocycles. The van der Waals surface area contributed by atoms with Crippen molar-refractivity contribution in [3.8, 4) is 0 Å². The van der Waals surface area contributed by atoms with E-state index in [1.807, 2.05) is 0 Å². The van der Waals surface area contributed by atoms with E-state index in [9.17, 15) is 9.59 Å². The van der Waals surface area contributed by atoms with Crippen LogP contribution in [0.25, 0.3) is 0 Å². The molecule has 1 rings (SSSR count). The third kappa shape index (κ3) is 4.16. The van der Waals surface area contributed by atoms with Crippen LogP contribution in [-0.4, -0.2) is 34.4 Å². The molecule has 0 fully saturated rings. The van der Waals surface area contributed by atoms with Crippen LogP contribution in [0.15, 0.2) is 24.3 Å². The molecule has 0 spiro atoms. The third-order valence-corrected chi connectivity index (χ3v) is 3.52. The van der Waals surface area contributed by atoms with Gasteiger partial charge in [0.1, 0.15) is 0 Å². The molecule has 0 aliphatic heterocycles. The van der Waals surface area contributed by atoms with Crippen molar-refractivity contribution in [2.75, 3.05) is 17.7 Å². The Bertz CT molecular complexity index is 434. The number of para-hydroxylation sites is 1. The Balaban J connectivity index is 2.72. The van der Waals surface area contributed by atoms with Crippen molar-refractivity contribution in [2.45, 2.75) is 19.1 Å². The van der Waals surface area contributed by atoms with Gasteiger partial charge in [-0.15, -0.1) is 11.8 Å². The molecule has 0 aliphatic carbocycles. The molecule has 5 heteroatoms. The van der Waals surface area contributed by atoms with Gasteiger partial charge in [-0.3, -0.25) is 9.59 Å². The number of thioether (sulfide) groups is 1. The normalized spacial score (nSPS) is 11.9. The van der Waals surface area contributed by atoms with Gasteiger partial charge in [-0.05, 0) is 26.0 Å². The van der Waals surface area contributed by atoms with Crippen LogP contribution >= 0.6 is 11.8 Å². The number of aliphatic hydroxyl groups is 1. The van der Waals surface area contributed by atoms with E-state index in [1.165, 1.54) is 18.7 Å². The summed E-state index contributed by atoms with van der Waals surface area (Å²) in [7, 11) is 0. The Morgan fingerprint density at radius 2 is 2.06 bits per heavy atom. The summed E-state index contributed by atoms with van der Waals surface area (Å²) >= 11 is 1.37. The van der Waals surface area contributed by atoms with Gasteiger partial charge in [0.2, 0.25) is 5.91 Å². The summed E-state index contributed by atoms with van der Waals surface area (Å²) in [6.45, 7) is 3.29. The van der Waals surface area contributed by atoms with E-state index >= 15 is 0 Å². The first kappa shape index (κ1) is 14.7. The van der Waals surface area contributed by atoms with Gasteiger partial charge in [-0.1, -0.05) is 12.1 Å². The van der Waals surface area contributed by atoms with E-state index < -0.39 is 0 Å². The van der Waals surface area contributed by atoms with Gasteiger partial charge in [0, 0.05) is 11.3 Å². The Labute approximate surface area is 111 Å². The summed E-state index contributed by atoms with van der Waals surface area (Å²) in [5.41, 5.74) is 1.04. The molecule has 1 aromatic rings. The number of hydrogen-bond donors (Lipinski definition) is 2. The molecule has 0 bridgehead atoms. The number of Topliss-reactive ketones (excluding diaryl/α,β-unsaturated/α-hetero) is 1. The lowest BCUT2D eigenvalue weighted by molar-refractivity contribution is -0.115. The molecule has 0 heterocycles. The highest BCUT2D eigenvalue weighted by Gasteiger charge is 2.15. The number of benzene rings is 1. The van der Waals surface area contributed by atoms with Crippen molar-refractivity contribution in [1.82, 2.24) is 0 Å². The zero-order valence-electron chi connectivity index (χ0n) is 10.5. The molecule has 4 nitrogen and oxygen atoms in total. The number of carbonyl (C=O) groups excluding carboxylic acids is 2. The van der Waals surface area contributed by atoms with E-state index in [1.54, 1.807) is 31.2 Å². The van der Waals surface area contributed by atoms with Crippen LogP contribution in [0, 0.1) is 0 Å². The highest BCUT2D eigenvalue weighted by Crippen LogP contribution is 2.18. The SMILES string of the molecule is CC(=O)c1ccccc1NC(=O)C(C)SCCO. The Kier molecular flexibility index (Phi) is 5.88. The quantitative estimate of drug-likeness (QED) is 0.773. The highest BCUT2D eigenvalue weighted by molar-refractivity contribution is 8.00. The molecule has 0 aromatic heterocycles. The lowest BCUT2D eigenvalue weighted by atomic mass is 10.1. The standard InChI is InChI=1S/C13H17NO3S/c1-9(16)11-5-3-4-6-12(11)14-13(17)10(2)18-8-7-15/h3-6,10,15H,7-8H2,1-2H3,(H,14,17). The van der Waals surface area contributed by atoms with Crippen LogP contribution in [0.5, 0.6) is 0 Å². The molecule has 0 radical (unpaired) electrons. The Morgan fingerprint density at radius 3 is 2.67 bits per heavy atom. The van der Waals surface area contributed by atoms with Gasteiger partial charge in [0.25, 0.3) is 0 Å². The second kappa shape index (κ2) is 7.18. The number of carbonyl (C=O) groups is 2. The van der Waals surface area contributed by atoms with Crippen LogP contribution in [0.4, 0.5) is 5.69 Å². The summed E-state index contributed by atoms with van der Waals surface area (Å²) in [6, 6.07) is 6.92. The fourth-order valence-corrected chi connectivity index (χ4v) is 2.11. The van der Waals surface area contributed by atoms with Crippen molar-refractivity contribution < 1.29 is 14.7 Å². The molecule has 0 saturated heterocycles. The van der Waals surface area contributed by atoms with Gasteiger partial charge in [-0.25, -0.2) is 0 Å². The zero-order chi connectivity index (χ0) is 13.5. The molecule has 1 unspecified atom stereocenters. The molecule has 0 saturated carbocycles. The van der Waals surface area contributed by atoms with Gasteiger partial charge >= 0.3 is 0 Å². The van der Waals surface area contributed by atoms with Crippen LogP contribution < -0.4 is 5.32 Å². The van der Waals surface area contributed by atoms with E-state index in [0.717, 1.165) is 0 Å². The summed E-state index contributed by atoms with van der Waals surface area (Å²) in [5, 5.41) is 11.2. The number of amides is 1. The lowest BCUT2D eigenvalue weighted by Crippen LogP contribution is -2.24. The number of nitrogens with one attached hydrogen (secondary N) is 1. The average Bonchev–Trinajstić information content (AvgIpc) is 2.36. The topological polar surface area (TPSA) is 66.4 Å². The van der Waals surface area contributed by atoms with Crippen molar-refractivity contribution in [2.24, 2.45) is 0 Å². The average molecular weight is 267 g/mol. The van der Waals surface area contributed by atoms with Crippen LogP contribution in [-0.2, 0) is 4.79 Å². The Morgan fingerprint density at radius 1 is 1.39 bits per heavy atom. The number of rotatable bonds is 6. The second-order valence-electron chi connectivity index (χ2n) is 3.83. The molecule has 1 atom stereocenters. The maximum Gasteiger partial charge on any atom is 0.237 e. The minimum Gasteiger partial charge on any atom is -0.396 e. The maximum absolute atomic E-state index is 11.9. The van der Waals surface area contributed by atoms with Crippen LogP contribution in [0.3, 0.4) is 0 Å². The first-order valence-corrected chi connectivity index (χ1v) is 6.74. The first-order chi connectivity index (χ1) is 8.56. The monoisotopic (exact) mass is 267 g/mol. The molecule has 18 heavy (non-hydrogen) atoms. The summed E-state index contributed by atoms with van der Waals surface area (Å²) in [6.07, 6.45) is 0. The van der Waals surface area contributed by atoms with Crippen molar-refractivity contribution >= 4 is 29.1 Å². The predicted molar refractivity (Wildman–Crippen MR) is 74.1 cm³/mol. The second-order valence-corrected chi connectivity index (χ2v) is 5.28. The fraction of sp³-hybridized carbons (Fsp3) is 0.385. The number of anilines is 1. The van der Waals surface area contributed by atoms with Crippen molar-refractivity contribution in [1.29, 1.82) is 0 Å². The zero-order valence-corrected chi connectivity index (χ0v) is 11.3. The minimum atomic E-state index is -0.267. The maximum atomic E-state index is 11.9. The van der Waals surface area contributed by atoms with Crippen LogP contribution in [0.1, 0.15) is 24.2 Å².